The molecule has 0 spiro atoms. The van der Waals surface area contributed by atoms with E-state index in [1.54, 1.807) is 0 Å². The van der Waals surface area contributed by atoms with Gasteiger partial charge in [0.05, 0.1) is 0 Å². The first-order valence-electron chi connectivity index (χ1n) is 13.4. The van der Waals surface area contributed by atoms with Crippen LogP contribution in [0.3, 0.4) is 0 Å². The van der Waals surface area contributed by atoms with Crippen molar-refractivity contribution in [2.45, 2.75) is 188 Å². The molecule has 1 amide bonds. The van der Waals surface area contributed by atoms with Crippen LogP contribution in [0, 0.1) is 0 Å². The molecule has 0 aliphatic rings. The van der Waals surface area contributed by atoms with Crippen LogP contribution in [0.5, 0.6) is 0 Å². The quantitative estimate of drug-likeness (QED) is 0.102. The second-order valence-corrected chi connectivity index (χ2v) is 29.9. The number of unbranched alkanes of at least 4 members (excludes halogenated alkanes) is 2. The molecule has 8 heteroatoms. The van der Waals surface area contributed by atoms with Gasteiger partial charge in [0.25, 0.3) is 0 Å². The van der Waals surface area contributed by atoms with Crippen LogP contribution in [0.4, 0.5) is 0 Å². The molecule has 0 unspecified atom stereocenters. The summed E-state index contributed by atoms with van der Waals surface area (Å²) in [6.45, 7) is 28.7. The number of rotatable bonds is 19. The molecule has 0 bridgehead atoms. The Balaban J connectivity index is -0.000000183. The van der Waals surface area contributed by atoms with Gasteiger partial charge >= 0.3 is 0 Å². The Morgan fingerprint density at radius 3 is 1.02 bits per heavy atom. The molecule has 0 N–H and O–H groups in total. The molecule has 0 aliphatic carbocycles. The first kappa shape index (κ1) is 64.1. The summed E-state index contributed by atoms with van der Waals surface area (Å²) in [6.07, 6.45) is 8.53. The SMILES string of the molecule is C.C.C.C.C.C.C.C.C=CC(=O)N(CCC[Si](C)(C)O[Si](C)(C)CCCC)CCC[Si](C)(C)O[Si](C)(C)CCCC. The molecule has 0 saturated heterocycles. The number of carbonyl (C=O) groups excluding carboxylic acids is 1. The molecule has 0 aliphatic heterocycles. The number of carbonyl (C=O) groups is 1. The molecule has 0 heterocycles. The first-order chi connectivity index (χ1) is 15.1. The fraction of sp³-hybridized carbons (Fsp3) is 0.909. The highest BCUT2D eigenvalue weighted by Gasteiger charge is 2.33. The average Bonchev–Trinajstić information content (AvgIpc) is 2.67. The van der Waals surface area contributed by atoms with E-state index in [1.165, 1.54) is 43.8 Å². The van der Waals surface area contributed by atoms with Gasteiger partial charge in [0, 0.05) is 13.1 Å². The highest BCUT2D eigenvalue weighted by Crippen LogP contribution is 2.26. The minimum absolute atomic E-state index is 0. The predicted octanol–water partition coefficient (Wildman–Crippen LogP) is 13.3. The van der Waals surface area contributed by atoms with Crippen molar-refractivity contribution in [3.8, 4) is 0 Å². The van der Waals surface area contributed by atoms with E-state index in [1.807, 2.05) is 4.90 Å². The summed E-state index contributed by atoms with van der Waals surface area (Å²) < 4.78 is 13.5. The van der Waals surface area contributed by atoms with Crippen molar-refractivity contribution in [3.63, 3.8) is 0 Å². The average molecular weight is 660 g/mol. The Morgan fingerprint density at radius 1 is 0.561 bits per heavy atom. The van der Waals surface area contributed by atoms with Crippen molar-refractivity contribution >= 4 is 39.2 Å². The van der Waals surface area contributed by atoms with E-state index in [0.29, 0.717) is 0 Å². The van der Waals surface area contributed by atoms with E-state index in [0.717, 1.165) is 38.0 Å². The molecule has 0 atom stereocenters. The van der Waals surface area contributed by atoms with Gasteiger partial charge in [0.15, 0.2) is 33.3 Å². The maximum Gasteiger partial charge on any atom is 0.245 e. The van der Waals surface area contributed by atoms with Crippen LogP contribution >= 0.6 is 0 Å². The Morgan fingerprint density at radius 2 is 0.805 bits per heavy atom. The van der Waals surface area contributed by atoms with Crippen LogP contribution in [-0.4, -0.2) is 57.2 Å². The van der Waals surface area contributed by atoms with Crippen LogP contribution in [0.2, 0.25) is 76.6 Å². The van der Waals surface area contributed by atoms with Gasteiger partial charge in [-0.25, -0.2) is 0 Å². The van der Waals surface area contributed by atoms with Gasteiger partial charge in [0.1, 0.15) is 0 Å². The maximum atomic E-state index is 12.5. The molecule has 0 radical (unpaired) electrons. The molecule has 0 saturated carbocycles. The van der Waals surface area contributed by atoms with Crippen molar-refractivity contribution in [1.29, 1.82) is 0 Å². The smallest absolute Gasteiger partial charge is 0.245 e. The van der Waals surface area contributed by atoms with Gasteiger partial charge in [-0.3, -0.25) is 4.79 Å². The number of hydrogen-bond acceptors (Lipinski definition) is 3. The van der Waals surface area contributed by atoms with E-state index in [4.69, 9.17) is 8.23 Å². The predicted molar refractivity (Wildman–Crippen MR) is 211 cm³/mol. The molecule has 4 nitrogen and oxygen atoms in total. The van der Waals surface area contributed by atoms with Crippen LogP contribution in [0.15, 0.2) is 12.7 Å². The van der Waals surface area contributed by atoms with Crippen molar-refractivity contribution in [1.82, 2.24) is 4.90 Å². The summed E-state index contributed by atoms with van der Waals surface area (Å²) in [6, 6.07) is 4.72. The standard InChI is InChI=1S/C25H57NO3Si4.8CH4/c1-12-15-21-30(4,5)28-32(8,9)23-17-19-26(25(27)14-3)20-18-24-33(10,11)29-31(6,7)22-16-13-2;;;;;;;;/h14H,3,12-13,15-24H2,1-2,4-11H3;8*1H4. The van der Waals surface area contributed by atoms with Crippen molar-refractivity contribution < 1.29 is 13.0 Å². The zero-order valence-corrected chi connectivity index (χ0v) is 27.9. The second-order valence-electron chi connectivity index (χ2n) is 12.2. The third kappa shape index (κ3) is 32.7. The number of nitrogens with zero attached hydrogens (tertiary/aromatic N) is 1. The molecule has 0 fully saturated rings. The van der Waals surface area contributed by atoms with Crippen molar-refractivity contribution in [2.75, 3.05) is 13.1 Å². The zero-order chi connectivity index (χ0) is 25.8. The summed E-state index contributed by atoms with van der Waals surface area (Å²) in [4.78, 5) is 14.5. The van der Waals surface area contributed by atoms with Gasteiger partial charge in [-0.15, -0.1) is 0 Å². The summed E-state index contributed by atoms with van der Waals surface area (Å²) in [7, 11) is -6.57. The van der Waals surface area contributed by atoms with E-state index in [2.05, 4.69) is 72.8 Å². The summed E-state index contributed by atoms with van der Waals surface area (Å²) in [5.41, 5.74) is 0. The number of hydrogen-bond donors (Lipinski definition) is 0. The third-order valence-corrected chi connectivity index (χ3v) is 21.3. The lowest BCUT2D eigenvalue weighted by atomic mass is 10.3. The Hall–Kier alpha value is -0.00247. The lowest BCUT2D eigenvalue weighted by Crippen LogP contribution is -2.45. The van der Waals surface area contributed by atoms with Gasteiger partial charge in [-0.05, 0) is 95.5 Å². The fourth-order valence-electron chi connectivity index (χ4n) is 4.76. The van der Waals surface area contributed by atoms with Gasteiger partial charge in [-0.2, -0.15) is 0 Å². The molecule has 0 aromatic heterocycles. The van der Waals surface area contributed by atoms with Crippen LogP contribution in [-0.2, 0) is 13.0 Å². The topological polar surface area (TPSA) is 38.8 Å². The van der Waals surface area contributed by atoms with E-state index in [-0.39, 0.29) is 65.3 Å². The van der Waals surface area contributed by atoms with Gasteiger partial charge in [-0.1, -0.05) is 106 Å². The lowest BCUT2D eigenvalue weighted by Gasteiger charge is -2.35. The van der Waals surface area contributed by atoms with Gasteiger partial charge < -0.3 is 13.1 Å². The second kappa shape index (κ2) is 30.0. The minimum atomic E-state index is -1.71. The number of amides is 1. The molecular weight excluding hydrogens is 571 g/mol. The monoisotopic (exact) mass is 660 g/mol. The maximum absolute atomic E-state index is 12.5. The lowest BCUT2D eigenvalue weighted by molar-refractivity contribution is -0.126. The molecule has 41 heavy (non-hydrogen) atoms. The highest BCUT2D eigenvalue weighted by molar-refractivity contribution is 6.85. The summed E-state index contributed by atoms with van der Waals surface area (Å²) >= 11 is 0. The molecule has 0 aromatic rings. The Labute approximate surface area is 270 Å². The minimum Gasteiger partial charge on any atom is -0.455 e. The summed E-state index contributed by atoms with van der Waals surface area (Å²) in [5.74, 6) is 0.0612. The third-order valence-electron chi connectivity index (χ3n) is 6.27. The Kier molecular flexibility index (Phi) is 46.9. The molecule has 0 aromatic carbocycles. The van der Waals surface area contributed by atoms with Crippen molar-refractivity contribution in [2.24, 2.45) is 0 Å². The van der Waals surface area contributed by atoms with Crippen LogP contribution in [0.25, 0.3) is 0 Å². The largest absolute Gasteiger partial charge is 0.455 e. The normalized spacial score (nSPS) is 10.7. The molecule has 0 rings (SSSR count). The van der Waals surface area contributed by atoms with Crippen LogP contribution < -0.4 is 0 Å². The van der Waals surface area contributed by atoms with Crippen molar-refractivity contribution in [3.05, 3.63) is 12.7 Å². The van der Waals surface area contributed by atoms with E-state index < -0.39 is 33.3 Å². The summed E-state index contributed by atoms with van der Waals surface area (Å²) in [5, 5.41) is 0. The Bertz CT molecular complexity index is 543. The molecule has 260 valence electrons. The van der Waals surface area contributed by atoms with E-state index >= 15 is 0 Å². The first-order valence-corrected chi connectivity index (χ1v) is 25.9. The van der Waals surface area contributed by atoms with Crippen LogP contribution in [0.1, 0.15) is 112 Å². The van der Waals surface area contributed by atoms with Gasteiger partial charge in [0.2, 0.25) is 5.91 Å². The zero-order valence-electron chi connectivity index (χ0n) is 23.9. The van der Waals surface area contributed by atoms with E-state index in [9.17, 15) is 4.79 Å². The molecular formula is C33H89NO3Si4. The highest BCUT2D eigenvalue weighted by atomic mass is 28.4. The fourth-order valence-corrected chi connectivity index (χ4v) is 22.8.